The van der Waals surface area contributed by atoms with Gasteiger partial charge in [-0.25, -0.2) is 10.8 Å². The van der Waals surface area contributed by atoms with Gasteiger partial charge in [0.25, 0.3) is 5.91 Å². The molecule has 3 N–H and O–H groups in total. The zero-order valence-corrected chi connectivity index (χ0v) is 7.63. The van der Waals surface area contributed by atoms with Crippen LogP contribution in [0.3, 0.4) is 0 Å². The quantitative estimate of drug-likeness (QED) is 0.411. The number of nitrogens with two attached hydrogens (primary N) is 1. The van der Waals surface area contributed by atoms with Gasteiger partial charge in [-0.3, -0.25) is 10.2 Å². The molecule has 0 fully saturated rings. The lowest BCUT2D eigenvalue weighted by Crippen LogP contribution is -2.30. The highest BCUT2D eigenvalue weighted by atomic mass is 35.5. The Bertz CT molecular complexity index is 330. The maximum atomic E-state index is 11.1. The fraction of sp³-hybridized carbons (Fsp3) is 0.143. The van der Waals surface area contributed by atoms with E-state index in [0.717, 1.165) is 0 Å². The molecule has 0 saturated carbocycles. The molecule has 0 unspecified atom stereocenters. The van der Waals surface area contributed by atoms with Crippen LogP contribution in [0.2, 0.25) is 5.02 Å². The Morgan fingerprint density at radius 1 is 1.77 bits per heavy atom. The van der Waals surface area contributed by atoms with Crippen molar-refractivity contribution >= 4 is 17.5 Å². The van der Waals surface area contributed by atoms with Crippen LogP contribution in [-0.4, -0.2) is 18.0 Å². The molecule has 0 bridgehead atoms. The summed E-state index contributed by atoms with van der Waals surface area (Å²) in [6, 6.07) is 1.41. The summed E-state index contributed by atoms with van der Waals surface area (Å²) < 4.78 is 4.81. The fourth-order valence-corrected chi connectivity index (χ4v) is 0.972. The van der Waals surface area contributed by atoms with Crippen molar-refractivity contribution in [1.29, 1.82) is 0 Å². The molecular formula is C7H8ClN3O2. The van der Waals surface area contributed by atoms with Crippen LogP contribution in [0.4, 0.5) is 0 Å². The molecule has 0 saturated heterocycles. The molecule has 0 atom stereocenters. The lowest BCUT2D eigenvalue weighted by atomic mass is 10.2. The number of methoxy groups -OCH3 is 1. The van der Waals surface area contributed by atoms with Crippen LogP contribution in [0.1, 0.15) is 10.4 Å². The number of nitrogens with one attached hydrogen (secondary N) is 1. The Labute approximate surface area is 79.8 Å². The van der Waals surface area contributed by atoms with Crippen LogP contribution in [0.5, 0.6) is 5.88 Å². The van der Waals surface area contributed by atoms with Crippen LogP contribution in [-0.2, 0) is 0 Å². The molecule has 1 aromatic rings. The van der Waals surface area contributed by atoms with Crippen molar-refractivity contribution in [1.82, 2.24) is 10.4 Å². The van der Waals surface area contributed by atoms with Gasteiger partial charge in [0.05, 0.1) is 23.9 Å². The van der Waals surface area contributed by atoms with Gasteiger partial charge in [-0.2, -0.15) is 0 Å². The molecule has 1 heterocycles. The molecule has 0 radical (unpaired) electrons. The zero-order valence-electron chi connectivity index (χ0n) is 6.87. The number of hydrogen-bond donors (Lipinski definition) is 2. The minimum atomic E-state index is -0.481. The predicted octanol–water partition coefficient (Wildman–Crippen LogP) is 0.347. The maximum Gasteiger partial charge on any atom is 0.266 e. The number of halogens is 1. The molecule has 1 amide bonds. The van der Waals surface area contributed by atoms with E-state index < -0.39 is 5.91 Å². The third-order valence-electron chi connectivity index (χ3n) is 1.42. The molecule has 0 aliphatic heterocycles. The highest BCUT2D eigenvalue weighted by molar-refractivity contribution is 6.33. The summed E-state index contributed by atoms with van der Waals surface area (Å²) in [7, 11) is 1.44. The van der Waals surface area contributed by atoms with E-state index in [1.54, 1.807) is 0 Å². The van der Waals surface area contributed by atoms with Crippen molar-refractivity contribution in [3.05, 3.63) is 22.8 Å². The minimum absolute atomic E-state index is 0.226. The van der Waals surface area contributed by atoms with Crippen molar-refractivity contribution in [2.24, 2.45) is 5.84 Å². The average Bonchev–Trinajstić information content (AvgIpc) is 2.17. The number of amides is 1. The number of carbonyl (C=O) groups is 1. The van der Waals surface area contributed by atoms with Crippen LogP contribution >= 0.6 is 11.6 Å². The highest BCUT2D eigenvalue weighted by Crippen LogP contribution is 2.18. The minimum Gasteiger partial charge on any atom is -0.481 e. The second kappa shape index (κ2) is 4.06. The van der Waals surface area contributed by atoms with Crippen LogP contribution in [0.15, 0.2) is 12.3 Å². The van der Waals surface area contributed by atoms with Crippen molar-refractivity contribution < 1.29 is 9.53 Å². The number of hydrazine groups is 1. The van der Waals surface area contributed by atoms with Gasteiger partial charge in [-0.1, -0.05) is 11.6 Å². The molecule has 0 aromatic carbocycles. The van der Waals surface area contributed by atoms with E-state index in [0.29, 0.717) is 5.88 Å². The van der Waals surface area contributed by atoms with E-state index in [1.165, 1.54) is 19.4 Å². The Morgan fingerprint density at radius 2 is 2.46 bits per heavy atom. The van der Waals surface area contributed by atoms with Crippen molar-refractivity contribution in [2.75, 3.05) is 7.11 Å². The fourth-order valence-electron chi connectivity index (χ4n) is 0.783. The summed E-state index contributed by atoms with van der Waals surface area (Å²) in [4.78, 5) is 14.9. The van der Waals surface area contributed by atoms with Gasteiger partial charge < -0.3 is 4.74 Å². The van der Waals surface area contributed by atoms with Gasteiger partial charge in [-0.15, -0.1) is 0 Å². The molecule has 0 spiro atoms. The number of ether oxygens (including phenoxy) is 1. The van der Waals surface area contributed by atoms with E-state index in [4.69, 9.17) is 22.2 Å². The smallest absolute Gasteiger partial charge is 0.266 e. The largest absolute Gasteiger partial charge is 0.481 e. The molecule has 5 nitrogen and oxygen atoms in total. The predicted molar refractivity (Wildman–Crippen MR) is 47.5 cm³/mol. The summed E-state index contributed by atoms with van der Waals surface area (Å²) >= 11 is 5.69. The lowest BCUT2D eigenvalue weighted by molar-refractivity contribution is 0.0953. The maximum absolute atomic E-state index is 11.1. The summed E-state index contributed by atoms with van der Waals surface area (Å²) in [5.41, 5.74) is 2.20. The Hall–Kier alpha value is -1.33. The molecule has 1 aromatic heterocycles. The van der Waals surface area contributed by atoms with Crippen LogP contribution in [0, 0.1) is 0 Å². The van der Waals surface area contributed by atoms with E-state index in [9.17, 15) is 4.79 Å². The van der Waals surface area contributed by atoms with Crippen molar-refractivity contribution in [2.45, 2.75) is 0 Å². The number of nitrogens with zero attached hydrogens (tertiary/aromatic N) is 1. The zero-order chi connectivity index (χ0) is 9.84. The first-order chi connectivity index (χ1) is 6.19. The Balaban J connectivity index is 3.11. The summed E-state index contributed by atoms with van der Waals surface area (Å²) in [6.45, 7) is 0. The SMILES string of the molecule is COc1cc(C(=O)NN)c(Cl)cn1. The number of carbonyl (C=O) groups excluding carboxylic acids is 1. The van der Waals surface area contributed by atoms with E-state index in [-0.39, 0.29) is 10.6 Å². The number of nitrogen functional groups attached to an aromatic ring is 1. The van der Waals surface area contributed by atoms with Gasteiger partial charge in [0, 0.05) is 6.07 Å². The van der Waals surface area contributed by atoms with E-state index in [2.05, 4.69) is 4.98 Å². The number of aromatic nitrogens is 1. The number of pyridine rings is 1. The average molecular weight is 202 g/mol. The third-order valence-corrected chi connectivity index (χ3v) is 1.72. The van der Waals surface area contributed by atoms with Gasteiger partial charge in [0.2, 0.25) is 5.88 Å². The number of hydrogen-bond acceptors (Lipinski definition) is 4. The molecular weight excluding hydrogens is 194 g/mol. The normalized spacial score (nSPS) is 9.46. The van der Waals surface area contributed by atoms with Gasteiger partial charge >= 0.3 is 0 Å². The van der Waals surface area contributed by atoms with Crippen LogP contribution in [0.25, 0.3) is 0 Å². The molecule has 0 aliphatic carbocycles. The third kappa shape index (κ3) is 2.07. The standard InChI is InChI=1S/C7H8ClN3O2/c1-13-6-2-4(7(12)11-9)5(8)3-10-6/h2-3H,9H2,1H3,(H,11,12). The van der Waals surface area contributed by atoms with E-state index >= 15 is 0 Å². The summed E-state index contributed by atoms with van der Waals surface area (Å²) in [6.07, 6.45) is 1.32. The van der Waals surface area contributed by atoms with E-state index in [1.807, 2.05) is 5.43 Å². The molecule has 6 heteroatoms. The monoisotopic (exact) mass is 201 g/mol. The first kappa shape index (κ1) is 9.76. The molecule has 1 rings (SSSR count). The summed E-state index contributed by atoms with van der Waals surface area (Å²) in [5, 5.41) is 0.226. The molecule has 0 aliphatic rings. The Kier molecular flexibility index (Phi) is 3.05. The second-order valence-corrected chi connectivity index (χ2v) is 2.59. The first-order valence-corrected chi connectivity index (χ1v) is 3.77. The topological polar surface area (TPSA) is 77.2 Å². The van der Waals surface area contributed by atoms with Gasteiger partial charge in [0.1, 0.15) is 0 Å². The highest BCUT2D eigenvalue weighted by Gasteiger charge is 2.10. The molecule has 70 valence electrons. The number of rotatable bonds is 2. The second-order valence-electron chi connectivity index (χ2n) is 2.18. The van der Waals surface area contributed by atoms with Crippen molar-refractivity contribution in [3.8, 4) is 5.88 Å². The Morgan fingerprint density at radius 3 is 3.00 bits per heavy atom. The summed E-state index contributed by atoms with van der Waals surface area (Å²) in [5.74, 6) is 4.77. The molecule has 13 heavy (non-hydrogen) atoms. The lowest BCUT2D eigenvalue weighted by Gasteiger charge is -2.03. The van der Waals surface area contributed by atoms with Crippen molar-refractivity contribution in [3.63, 3.8) is 0 Å². The first-order valence-electron chi connectivity index (χ1n) is 3.39. The van der Waals surface area contributed by atoms with Gasteiger partial charge in [-0.05, 0) is 0 Å². The van der Waals surface area contributed by atoms with Gasteiger partial charge in [0.15, 0.2) is 0 Å². The van der Waals surface area contributed by atoms with Crippen LogP contribution < -0.4 is 16.0 Å².